The van der Waals surface area contributed by atoms with Gasteiger partial charge in [-0.15, -0.1) is 23.2 Å². The quantitative estimate of drug-likeness (QED) is 0.100. The number of amides is 1. The molecule has 4 nitrogen and oxygen atoms in total. The number of anilines is 2. The van der Waals surface area contributed by atoms with E-state index in [4.69, 9.17) is 40.5 Å². The van der Waals surface area contributed by atoms with E-state index in [1.165, 1.54) is 18.2 Å². The number of carbonyl (C=O) groups is 2. The summed E-state index contributed by atoms with van der Waals surface area (Å²) in [6, 6.07) is 7.87. The van der Waals surface area contributed by atoms with E-state index in [2.05, 4.69) is 21.2 Å². The van der Waals surface area contributed by atoms with Crippen LogP contribution in [-0.4, -0.2) is 16.0 Å². The summed E-state index contributed by atoms with van der Waals surface area (Å²) in [5, 5.41) is 2.55. The van der Waals surface area contributed by atoms with Gasteiger partial charge in [0.2, 0.25) is 5.91 Å². The van der Waals surface area contributed by atoms with Crippen LogP contribution in [0.3, 0.4) is 0 Å². The summed E-state index contributed by atoms with van der Waals surface area (Å²) < 4.78 is 54.2. The SMILES string of the molecule is Nc1c(F)ccc(CC(=O)c2cc(NC(=O)C3C(c4cc(F)cc(Br)c4F)C3(Cl)Cl)ccc2Cl)c1F. The van der Waals surface area contributed by atoms with Gasteiger partial charge in [-0.05, 0) is 63.5 Å². The zero-order chi connectivity index (χ0) is 26.5. The first-order valence-electron chi connectivity index (χ1n) is 10.2. The van der Waals surface area contributed by atoms with Crippen LogP contribution in [0.15, 0.2) is 46.9 Å². The first-order chi connectivity index (χ1) is 16.8. The molecule has 0 heterocycles. The number of nitrogens with two attached hydrogens (primary N) is 1. The van der Waals surface area contributed by atoms with E-state index in [0.717, 1.165) is 24.3 Å². The molecule has 4 rings (SSSR count). The zero-order valence-electron chi connectivity index (χ0n) is 17.8. The highest BCUT2D eigenvalue weighted by Gasteiger charge is 2.68. The molecule has 3 N–H and O–H groups in total. The largest absolute Gasteiger partial charge is 0.394 e. The third-order valence-corrected chi connectivity index (χ3v) is 7.63. The Labute approximate surface area is 225 Å². The predicted molar refractivity (Wildman–Crippen MR) is 134 cm³/mol. The Morgan fingerprint density at radius 3 is 2.42 bits per heavy atom. The van der Waals surface area contributed by atoms with Crippen molar-refractivity contribution < 1.29 is 27.2 Å². The van der Waals surface area contributed by atoms with E-state index in [1.54, 1.807) is 0 Å². The highest BCUT2D eigenvalue weighted by molar-refractivity contribution is 9.10. The molecule has 0 saturated heterocycles. The van der Waals surface area contributed by atoms with Crippen molar-refractivity contribution in [3.8, 4) is 0 Å². The van der Waals surface area contributed by atoms with Crippen molar-refractivity contribution in [3.63, 3.8) is 0 Å². The van der Waals surface area contributed by atoms with Crippen molar-refractivity contribution in [1.29, 1.82) is 0 Å². The number of hydrogen-bond acceptors (Lipinski definition) is 3. The van der Waals surface area contributed by atoms with Crippen molar-refractivity contribution in [2.75, 3.05) is 11.1 Å². The number of hydrogen-bond donors (Lipinski definition) is 2. The summed E-state index contributed by atoms with van der Waals surface area (Å²) >= 11 is 21.5. The van der Waals surface area contributed by atoms with Crippen LogP contribution in [0.4, 0.5) is 28.9 Å². The highest BCUT2D eigenvalue weighted by Crippen LogP contribution is 2.65. The fourth-order valence-electron chi connectivity index (χ4n) is 3.90. The van der Waals surface area contributed by atoms with Crippen molar-refractivity contribution >= 4 is 73.8 Å². The van der Waals surface area contributed by atoms with E-state index in [0.29, 0.717) is 0 Å². The first-order valence-corrected chi connectivity index (χ1v) is 12.1. The number of benzene rings is 3. The lowest BCUT2D eigenvalue weighted by molar-refractivity contribution is -0.117. The van der Waals surface area contributed by atoms with Crippen molar-refractivity contribution in [1.82, 2.24) is 0 Å². The third-order valence-electron chi connectivity index (χ3n) is 5.78. The van der Waals surface area contributed by atoms with Gasteiger partial charge in [0, 0.05) is 23.6 Å². The van der Waals surface area contributed by atoms with Gasteiger partial charge >= 0.3 is 0 Å². The second-order valence-electron chi connectivity index (χ2n) is 8.14. The summed E-state index contributed by atoms with van der Waals surface area (Å²) in [7, 11) is 0. The van der Waals surface area contributed by atoms with Crippen LogP contribution in [-0.2, 0) is 11.2 Å². The minimum atomic E-state index is -1.71. The summed E-state index contributed by atoms with van der Waals surface area (Å²) in [5.74, 6) is -7.04. The minimum Gasteiger partial charge on any atom is -0.394 e. The Morgan fingerprint density at radius 2 is 1.72 bits per heavy atom. The second-order valence-corrected chi connectivity index (χ2v) is 10.8. The van der Waals surface area contributed by atoms with Gasteiger partial charge in [-0.25, -0.2) is 17.6 Å². The fourth-order valence-corrected chi connectivity index (χ4v) is 5.38. The standard InChI is InChI=1S/C24H14BrCl3F4N2O2/c25-14-7-10(29)6-13(21(14)32)18-19(24(18,27)28)23(36)34-11-2-3-15(26)12(8-11)17(35)5-9-1-4-16(30)22(33)20(9)31/h1-4,6-8,18-19H,5,33H2,(H,34,36). The lowest BCUT2D eigenvalue weighted by Gasteiger charge is -2.10. The molecule has 12 heteroatoms. The molecule has 2 atom stereocenters. The molecule has 3 aromatic carbocycles. The van der Waals surface area contributed by atoms with E-state index in [9.17, 15) is 27.2 Å². The summed E-state index contributed by atoms with van der Waals surface area (Å²) in [4.78, 5) is 25.7. The minimum absolute atomic E-state index is 0.0218. The molecule has 36 heavy (non-hydrogen) atoms. The van der Waals surface area contributed by atoms with Crippen LogP contribution in [0.25, 0.3) is 0 Å². The molecule has 3 aromatic rings. The molecule has 0 radical (unpaired) electrons. The maximum atomic E-state index is 14.5. The number of carbonyl (C=O) groups excluding carboxylic acids is 2. The molecule has 0 aliphatic heterocycles. The van der Waals surface area contributed by atoms with Crippen molar-refractivity contribution in [2.45, 2.75) is 16.7 Å². The average molecular weight is 625 g/mol. The monoisotopic (exact) mass is 622 g/mol. The average Bonchev–Trinajstić information content (AvgIpc) is 3.39. The first kappa shape index (κ1) is 26.7. The Balaban J connectivity index is 1.54. The number of halogens is 8. The number of rotatable bonds is 6. The van der Waals surface area contributed by atoms with E-state index >= 15 is 0 Å². The molecule has 1 amide bonds. The number of nitrogen functional groups attached to an aromatic ring is 1. The van der Waals surface area contributed by atoms with Crippen LogP contribution < -0.4 is 11.1 Å². The van der Waals surface area contributed by atoms with Gasteiger partial charge in [0.15, 0.2) is 11.6 Å². The van der Waals surface area contributed by atoms with Crippen LogP contribution in [0.1, 0.15) is 27.4 Å². The summed E-state index contributed by atoms with van der Waals surface area (Å²) in [6.45, 7) is 0. The van der Waals surface area contributed by atoms with Crippen LogP contribution in [0.5, 0.6) is 0 Å². The Morgan fingerprint density at radius 1 is 1.03 bits per heavy atom. The van der Waals surface area contributed by atoms with Crippen molar-refractivity contribution in [2.24, 2.45) is 5.92 Å². The Kier molecular flexibility index (Phi) is 7.31. The van der Waals surface area contributed by atoms with Gasteiger partial charge < -0.3 is 11.1 Å². The number of Topliss-reactive ketones (excluding diaryl/α,β-unsaturated/α-hetero) is 1. The molecule has 1 fully saturated rings. The molecule has 1 aliphatic carbocycles. The number of nitrogens with one attached hydrogen (secondary N) is 1. The van der Waals surface area contributed by atoms with Crippen LogP contribution >= 0.6 is 50.7 Å². The van der Waals surface area contributed by atoms with Gasteiger partial charge in [-0.3, -0.25) is 9.59 Å². The molecule has 2 unspecified atom stereocenters. The van der Waals surface area contributed by atoms with Gasteiger partial charge in [0.25, 0.3) is 0 Å². The zero-order valence-corrected chi connectivity index (χ0v) is 21.7. The van der Waals surface area contributed by atoms with Crippen LogP contribution in [0.2, 0.25) is 5.02 Å². The molecule has 1 saturated carbocycles. The van der Waals surface area contributed by atoms with E-state index in [1.807, 2.05) is 0 Å². The number of alkyl halides is 2. The predicted octanol–water partition coefficient (Wildman–Crippen LogP) is 7.19. The molecule has 0 spiro atoms. The molecule has 188 valence electrons. The Bertz CT molecular complexity index is 1420. The van der Waals surface area contributed by atoms with Gasteiger partial charge in [0.05, 0.1) is 15.4 Å². The van der Waals surface area contributed by atoms with E-state index < -0.39 is 63.2 Å². The maximum Gasteiger partial charge on any atom is 0.231 e. The second kappa shape index (κ2) is 9.85. The molecule has 0 bridgehead atoms. The van der Waals surface area contributed by atoms with Gasteiger partial charge in [-0.1, -0.05) is 17.7 Å². The lowest BCUT2D eigenvalue weighted by Crippen LogP contribution is -2.17. The van der Waals surface area contributed by atoms with E-state index in [-0.39, 0.29) is 31.9 Å². The molecular formula is C24H14BrCl3F4N2O2. The Hall–Kier alpha value is -2.33. The topological polar surface area (TPSA) is 72.2 Å². The fraction of sp³-hybridized carbons (Fsp3) is 0.167. The van der Waals surface area contributed by atoms with Gasteiger partial charge in [0.1, 0.15) is 27.5 Å². The summed E-state index contributed by atoms with van der Waals surface area (Å²) in [6.07, 6.45) is -0.474. The smallest absolute Gasteiger partial charge is 0.231 e. The number of ketones is 1. The highest BCUT2D eigenvalue weighted by atomic mass is 79.9. The summed E-state index contributed by atoms with van der Waals surface area (Å²) in [5.41, 5.74) is 4.40. The van der Waals surface area contributed by atoms with Crippen LogP contribution in [0, 0.1) is 29.2 Å². The third kappa shape index (κ3) is 4.94. The molecule has 1 aliphatic rings. The maximum absolute atomic E-state index is 14.5. The normalized spacial score (nSPS) is 18.1. The lowest BCUT2D eigenvalue weighted by atomic mass is 10.0. The molecular weight excluding hydrogens is 611 g/mol. The van der Waals surface area contributed by atoms with Crippen molar-refractivity contribution in [3.05, 3.63) is 91.9 Å². The molecule has 0 aromatic heterocycles. The van der Waals surface area contributed by atoms with Gasteiger partial charge in [-0.2, -0.15) is 0 Å².